The maximum atomic E-state index is 13.1. The van der Waals surface area contributed by atoms with Crippen LogP contribution in [0.3, 0.4) is 0 Å². The van der Waals surface area contributed by atoms with Crippen LogP contribution in [0.5, 0.6) is 0 Å². The molecule has 1 aliphatic heterocycles. The molecule has 0 unspecified atom stereocenters. The van der Waals surface area contributed by atoms with E-state index in [1.165, 1.54) is 22.6 Å². The van der Waals surface area contributed by atoms with E-state index in [0.717, 1.165) is 29.8 Å². The molecule has 0 amide bonds. The van der Waals surface area contributed by atoms with Crippen molar-refractivity contribution >= 4 is 22.9 Å². The Morgan fingerprint density at radius 2 is 1.93 bits per heavy atom. The number of rotatable bonds is 5. The molecule has 144 valence electrons. The van der Waals surface area contributed by atoms with Gasteiger partial charge in [0.25, 0.3) is 0 Å². The molecular formula is C21H21FN4OS. The van der Waals surface area contributed by atoms with Crippen LogP contribution < -0.4 is 10.6 Å². The number of aromatic nitrogens is 3. The molecule has 2 aromatic heterocycles. The summed E-state index contributed by atoms with van der Waals surface area (Å²) >= 11 is 1.71. The van der Waals surface area contributed by atoms with Gasteiger partial charge in [0, 0.05) is 22.8 Å². The van der Waals surface area contributed by atoms with Crippen molar-refractivity contribution in [3.05, 3.63) is 80.4 Å². The van der Waals surface area contributed by atoms with E-state index in [-0.39, 0.29) is 11.5 Å². The van der Waals surface area contributed by atoms with Crippen LogP contribution in [0.1, 0.15) is 28.7 Å². The summed E-state index contributed by atoms with van der Waals surface area (Å²) in [7, 11) is 0. The molecule has 4 rings (SSSR count). The maximum absolute atomic E-state index is 13.1. The van der Waals surface area contributed by atoms with Crippen molar-refractivity contribution in [3.63, 3.8) is 0 Å². The number of nitrogens with zero attached hydrogens (tertiary/aromatic N) is 4. The predicted molar refractivity (Wildman–Crippen MR) is 110 cm³/mol. The van der Waals surface area contributed by atoms with Gasteiger partial charge in [-0.25, -0.2) is 14.2 Å². The summed E-state index contributed by atoms with van der Waals surface area (Å²) in [5.41, 5.74) is 1.92. The zero-order valence-electron chi connectivity index (χ0n) is 15.6. The van der Waals surface area contributed by atoms with Gasteiger partial charge in [0.15, 0.2) is 0 Å². The second-order valence-corrected chi connectivity index (χ2v) is 7.97. The molecule has 3 heterocycles. The van der Waals surface area contributed by atoms with E-state index in [4.69, 9.17) is 0 Å². The van der Waals surface area contributed by atoms with Gasteiger partial charge in [0.1, 0.15) is 12.1 Å². The average molecular weight is 396 g/mol. The highest BCUT2D eigenvalue weighted by Crippen LogP contribution is 2.24. The zero-order chi connectivity index (χ0) is 19.5. The summed E-state index contributed by atoms with van der Waals surface area (Å²) < 4.78 is 14.6. The number of aryl methyl sites for hydroxylation is 1. The first-order chi connectivity index (χ1) is 13.6. The molecule has 0 saturated heterocycles. The third-order valence-electron chi connectivity index (χ3n) is 4.85. The number of anilines is 1. The molecule has 0 spiro atoms. The molecule has 1 aliphatic rings. The summed E-state index contributed by atoms with van der Waals surface area (Å²) in [6.45, 7) is 3.96. The van der Waals surface area contributed by atoms with Crippen LogP contribution in [0, 0.1) is 5.82 Å². The van der Waals surface area contributed by atoms with Gasteiger partial charge in [0.05, 0.1) is 6.54 Å². The van der Waals surface area contributed by atoms with Gasteiger partial charge in [-0.15, -0.1) is 11.3 Å². The Hall–Kier alpha value is -2.80. The summed E-state index contributed by atoms with van der Waals surface area (Å²) in [4.78, 5) is 25.4. The molecular weight excluding hydrogens is 375 g/mol. The van der Waals surface area contributed by atoms with E-state index in [9.17, 15) is 9.18 Å². The highest BCUT2D eigenvalue weighted by Gasteiger charge is 2.16. The van der Waals surface area contributed by atoms with E-state index in [1.807, 2.05) is 4.90 Å². The third-order valence-corrected chi connectivity index (χ3v) is 6.07. The largest absolute Gasteiger partial charge is 0.352 e. The minimum atomic E-state index is -0.287. The number of hydrogen-bond donors (Lipinski definition) is 0. The van der Waals surface area contributed by atoms with Gasteiger partial charge >= 0.3 is 5.69 Å². The SMILES string of the molecule is CCc1ccc(Cn2cnc(N3CC=C(c4ccc(F)cc4)CC3)nc2=O)s1. The van der Waals surface area contributed by atoms with Crippen LogP contribution in [-0.4, -0.2) is 27.6 Å². The third kappa shape index (κ3) is 4.04. The number of halogens is 1. The monoisotopic (exact) mass is 396 g/mol. The predicted octanol–water partition coefficient (Wildman–Crippen LogP) is 3.74. The van der Waals surface area contributed by atoms with Crippen LogP contribution in [0.4, 0.5) is 10.3 Å². The maximum Gasteiger partial charge on any atom is 0.352 e. The standard InChI is InChI=1S/C21H21FN4OS/c1-2-18-7-8-19(28-18)13-26-14-23-20(24-21(26)27)25-11-9-16(10-12-25)15-3-5-17(22)6-4-15/h3-9,14H,2,10-13H2,1H3. The lowest BCUT2D eigenvalue weighted by molar-refractivity contribution is 0.627. The molecule has 0 bridgehead atoms. The van der Waals surface area contributed by atoms with Crippen LogP contribution in [0.2, 0.25) is 0 Å². The van der Waals surface area contributed by atoms with Crippen molar-refractivity contribution < 1.29 is 4.39 Å². The Labute approximate surface area is 166 Å². The van der Waals surface area contributed by atoms with Gasteiger partial charge in [0.2, 0.25) is 5.95 Å². The van der Waals surface area contributed by atoms with Crippen molar-refractivity contribution in [2.24, 2.45) is 0 Å². The minimum absolute atomic E-state index is 0.232. The molecule has 0 saturated carbocycles. The molecule has 0 fully saturated rings. The van der Waals surface area contributed by atoms with Crippen LogP contribution in [-0.2, 0) is 13.0 Å². The normalized spacial score (nSPS) is 14.2. The lowest BCUT2D eigenvalue weighted by Gasteiger charge is -2.26. The summed E-state index contributed by atoms with van der Waals surface area (Å²) in [5.74, 6) is 0.223. The van der Waals surface area contributed by atoms with E-state index in [0.29, 0.717) is 19.0 Å². The number of hydrogen-bond acceptors (Lipinski definition) is 5. The molecule has 0 atom stereocenters. The van der Waals surface area contributed by atoms with Crippen LogP contribution >= 0.6 is 11.3 Å². The Balaban J connectivity index is 1.46. The van der Waals surface area contributed by atoms with Crippen LogP contribution in [0.25, 0.3) is 5.57 Å². The Kier molecular flexibility index (Phi) is 5.34. The Morgan fingerprint density at radius 3 is 2.57 bits per heavy atom. The van der Waals surface area contributed by atoms with Gasteiger partial charge in [-0.05, 0) is 48.2 Å². The smallest absolute Gasteiger partial charge is 0.337 e. The molecule has 0 radical (unpaired) electrons. The fourth-order valence-corrected chi connectivity index (χ4v) is 4.21. The Morgan fingerprint density at radius 1 is 1.14 bits per heavy atom. The molecule has 0 aliphatic carbocycles. The van der Waals surface area contributed by atoms with Gasteiger partial charge in [-0.1, -0.05) is 25.1 Å². The molecule has 28 heavy (non-hydrogen) atoms. The molecule has 5 nitrogen and oxygen atoms in total. The first-order valence-corrected chi connectivity index (χ1v) is 10.1. The van der Waals surface area contributed by atoms with Crippen molar-refractivity contribution in [1.82, 2.24) is 14.5 Å². The lowest BCUT2D eigenvalue weighted by atomic mass is 10.00. The fraction of sp³-hybridized carbons (Fsp3) is 0.286. The van der Waals surface area contributed by atoms with Gasteiger partial charge in [-0.3, -0.25) is 4.57 Å². The second kappa shape index (κ2) is 8.06. The van der Waals surface area contributed by atoms with Crippen molar-refractivity contribution in [3.8, 4) is 0 Å². The number of benzene rings is 1. The summed E-state index contributed by atoms with van der Waals surface area (Å²) in [6.07, 6.45) is 5.46. The molecule has 0 N–H and O–H groups in total. The fourth-order valence-electron chi connectivity index (χ4n) is 3.25. The number of thiophene rings is 1. The van der Waals surface area contributed by atoms with E-state index in [2.05, 4.69) is 35.1 Å². The van der Waals surface area contributed by atoms with E-state index >= 15 is 0 Å². The van der Waals surface area contributed by atoms with Crippen molar-refractivity contribution in [2.75, 3.05) is 18.0 Å². The first kappa shape index (κ1) is 18.6. The first-order valence-electron chi connectivity index (χ1n) is 9.33. The molecule has 3 aromatic rings. The minimum Gasteiger partial charge on any atom is -0.337 e. The van der Waals surface area contributed by atoms with Crippen molar-refractivity contribution in [2.45, 2.75) is 26.3 Å². The van der Waals surface area contributed by atoms with Crippen LogP contribution in [0.15, 0.2) is 53.6 Å². The topological polar surface area (TPSA) is 51.0 Å². The Bertz CT molecular complexity index is 1050. The molecule has 1 aromatic carbocycles. The summed E-state index contributed by atoms with van der Waals surface area (Å²) in [6, 6.07) is 10.7. The lowest BCUT2D eigenvalue weighted by Crippen LogP contribution is -2.33. The van der Waals surface area contributed by atoms with E-state index in [1.54, 1.807) is 34.4 Å². The van der Waals surface area contributed by atoms with Gasteiger partial charge in [-0.2, -0.15) is 4.98 Å². The summed E-state index contributed by atoms with van der Waals surface area (Å²) in [5, 5.41) is 0. The highest BCUT2D eigenvalue weighted by atomic mass is 32.1. The quantitative estimate of drug-likeness (QED) is 0.659. The second-order valence-electron chi connectivity index (χ2n) is 6.72. The van der Waals surface area contributed by atoms with E-state index < -0.39 is 0 Å². The zero-order valence-corrected chi connectivity index (χ0v) is 16.5. The van der Waals surface area contributed by atoms with Gasteiger partial charge < -0.3 is 4.90 Å². The molecule has 7 heteroatoms. The average Bonchev–Trinajstić information content (AvgIpc) is 3.18. The highest BCUT2D eigenvalue weighted by molar-refractivity contribution is 7.11. The van der Waals surface area contributed by atoms with Crippen molar-refractivity contribution in [1.29, 1.82) is 0 Å².